The average molecular weight is 208 g/mol. The molecule has 0 fully saturated rings. The van der Waals surface area contributed by atoms with Gasteiger partial charge in [0.1, 0.15) is 0 Å². The molecule has 67 valence electrons. The Bertz CT molecular complexity index is 149. The van der Waals surface area contributed by atoms with Crippen molar-refractivity contribution in [1.82, 2.24) is 0 Å². The van der Waals surface area contributed by atoms with Gasteiger partial charge in [-0.25, -0.2) is 0 Å². The van der Waals surface area contributed by atoms with Gasteiger partial charge in [0.25, 0.3) is 0 Å². The standard InChI is InChI=1S/C5H8NO4.Cu/c6-3(5(9)10)1-2-4(7)8;/h3,6H,1-2H2,(H,7,8)(H,9,10);/q-1;+2/p-2. The molecule has 0 saturated heterocycles. The Hall–Kier alpha value is -0.581. The van der Waals surface area contributed by atoms with E-state index in [-0.39, 0.29) is 23.5 Å². The molecule has 0 bridgehead atoms. The molecule has 0 aliphatic carbocycles. The quantitative estimate of drug-likeness (QED) is 0.483. The number of carbonyl (C=O) groups excluding carboxylic acids is 2. The van der Waals surface area contributed by atoms with E-state index in [1.54, 1.807) is 0 Å². The third kappa shape index (κ3) is 7.31. The first-order chi connectivity index (χ1) is 4.54. The van der Waals surface area contributed by atoms with Crippen LogP contribution in [0.4, 0.5) is 0 Å². The van der Waals surface area contributed by atoms with Crippen LogP contribution in [-0.4, -0.2) is 18.0 Å². The van der Waals surface area contributed by atoms with Crippen LogP contribution in [0.3, 0.4) is 0 Å². The number of carboxylic acid groups (broad SMARTS) is 2. The van der Waals surface area contributed by atoms with Gasteiger partial charge >= 0.3 is 17.1 Å². The predicted molar refractivity (Wildman–Crippen MR) is 27.4 cm³/mol. The van der Waals surface area contributed by atoms with Gasteiger partial charge in [0.2, 0.25) is 0 Å². The normalized spacial score (nSPS) is 11.4. The summed E-state index contributed by atoms with van der Waals surface area (Å²) in [6.45, 7) is 0. The van der Waals surface area contributed by atoms with E-state index in [9.17, 15) is 19.8 Å². The first-order valence-corrected chi connectivity index (χ1v) is 2.66. The maximum absolute atomic E-state index is 9.80. The Labute approximate surface area is 74.0 Å². The Morgan fingerprint density at radius 3 is 2.09 bits per heavy atom. The Morgan fingerprint density at radius 2 is 1.82 bits per heavy atom. The summed E-state index contributed by atoms with van der Waals surface area (Å²) in [6.07, 6.45) is -0.674. The molecule has 0 spiro atoms. The van der Waals surface area contributed by atoms with Gasteiger partial charge in [-0.05, 0) is 6.42 Å². The molecule has 6 heteroatoms. The van der Waals surface area contributed by atoms with Crippen LogP contribution in [-0.2, 0) is 26.7 Å². The van der Waals surface area contributed by atoms with Gasteiger partial charge in [0.05, 0.1) is 0 Å². The van der Waals surface area contributed by atoms with Crippen LogP contribution in [0.5, 0.6) is 0 Å². The molecule has 0 heterocycles. The van der Waals surface area contributed by atoms with Gasteiger partial charge in [-0.3, -0.25) is 0 Å². The molecule has 0 saturated carbocycles. The van der Waals surface area contributed by atoms with E-state index in [0.29, 0.717) is 0 Å². The summed E-state index contributed by atoms with van der Waals surface area (Å²) in [6, 6.07) is -1.46. The van der Waals surface area contributed by atoms with Gasteiger partial charge in [-0.1, -0.05) is 12.5 Å². The zero-order chi connectivity index (χ0) is 8.15. The minimum atomic E-state index is -1.55. The monoisotopic (exact) mass is 207 g/mol. The van der Waals surface area contributed by atoms with Gasteiger partial charge in [0, 0.05) is 11.9 Å². The zero-order valence-corrected chi connectivity index (χ0v) is 6.37. The summed E-state index contributed by atoms with van der Waals surface area (Å²) < 4.78 is 0. The summed E-state index contributed by atoms with van der Waals surface area (Å²) in [5, 5.41) is 19.5. The van der Waals surface area contributed by atoms with Crippen LogP contribution in [0.1, 0.15) is 12.8 Å². The second-order valence-electron chi connectivity index (χ2n) is 1.78. The van der Waals surface area contributed by atoms with Crippen molar-refractivity contribution in [3.8, 4) is 0 Å². The van der Waals surface area contributed by atoms with Crippen LogP contribution in [0.15, 0.2) is 0 Å². The third-order valence-electron chi connectivity index (χ3n) is 0.922. The van der Waals surface area contributed by atoms with Crippen molar-refractivity contribution in [2.75, 3.05) is 0 Å². The van der Waals surface area contributed by atoms with E-state index in [0.717, 1.165) is 0 Å². The Kier molecular flexibility index (Phi) is 7.29. The van der Waals surface area contributed by atoms with Crippen molar-refractivity contribution in [2.45, 2.75) is 18.9 Å². The molecule has 0 aromatic heterocycles. The molecule has 1 atom stereocenters. The largest absolute Gasteiger partial charge is 2.00 e. The fraction of sp³-hybridized carbons (Fsp3) is 0.600. The number of rotatable bonds is 4. The van der Waals surface area contributed by atoms with Gasteiger partial charge < -0.3 is 25.5 Å². The average Bonchev–Trinajstić information content (AvgIpc) is 1.82. The summed E-state index contributed by atoms with van der Waals surface area (Å²) in [5.74, 6) is -2.90. The fourth-order valence-corrected chi connectivity index (χ4v) is 0.380. The maximum Gasteiger partial charge on any atom is 2.00 e. The molecule has 0 aliphatic heterocycles. The molecule has 0 aromatic carbocycles. The van der Waals surface area contributed by atoms with E-state index in [1.165, 1.54) is 0 Å². The van der Waals surface area contributed by atoms with Crippen LogP contribution >= 0.6 is 0 Å². The van der Waals surface area contributed by atoms with Gasteiger partial charge in [0.15, 0.2) is 0 Å². The smallest absolute Gasteiger partial charge is 0.670 e. The molecule has 0 aliphatic rings. The second-order valence-corrected chi connectivity index (χ2v) is 1.78. The van der Waals surface area contributed by atoms with Gasteiger partial charge in [-0.2, -0.15) is 0 Å². The van der Waals surface area contributed by atoms with E-state index >= 15 is 0 Å². The van der Waals surface area contributed by atoms with Crippen LogP contribution < -0.4 is 10.2 Å². The number of hydrogen-bond acceptors (Lipinski definition) is 4. The van der Waals surface area contributed by atoms with Crippen molar-refractivity contribution in [2.24, 2.45) is 0 Å². The zero-order valence-electron chi connectivity index (χ0n) is 5.43. The van der Waals surface area contributed by atoms with Crippen molar-refractivity contribution in [1.29, 1.82) is 0 Å². The summed E-state index contributed by atoms with van der Waals surface area (Å²) >= 11 is 0. The molecule has 1 unspecified atom stereocenters. The molecule has 0 rings (SSSR count). The van der Waals surface area contributed by atoms with Crippen LogP contribution in [0, 0.1) is 0 Å². The summed E-state index contributed by atoms with van der Waals surface area (Å²) in [7, 11) is 0. The minimum absolute atomic E-state index is 0. The SMILES string of the molecule is [Cu+2].[NH-]C(CCC(=O)[O-])C(=O)[O-]. The van der Waals surface area contributed by atoms with E-state index in [1.807, 2.05) is 0 Å². The molecular formula is C5H6CuNO4-. The number of carboxylic acids is 2. The Balaban J connectivity index is 0. The van der Waals surface area contributed by atoms with Crippen LogP contribution in [0.25, 0.3) is 5.73 Å². The number of hydrogen-bond donors (Lipinski definition) is 0. The van der Waals surface area contributed by atoms with Crippen molar-refractivity contribution in [3.63, 3.8) is 0 Å². The fourth-order valence-electron chi connectivity index (χ4n) is 0.380. The molecule has 0 aromatic rings. The minimum Gasteiger partial charge on any atom is -0.670 e. The molecule has 5 nitrogen and oxygen atoms in total. The van der Waals surface area contributed by atoms with Crippen molar-refractivity contribution in [3.05, 3.63) is 5.73 Å². The molecule has 11 heavy (non-hydrogen) atoms. The first-order valence-electron chi connectivity index (χ1n) is 2.66. The number of aliphatic carboxylic acids is 2. The topological polar surface area (TPSA) is 104 Å². The molecule has 0 amide bonds. The van der Waals surface area contributed by atoms with Crippen molar-refractivity contribution >= 4 is 11.9 Å². The molecule has 1 N–H and O–H groups in total. The number of carbonyl (C=O) groups is 2. The summed E-state index contributed by atoms with van der Waals surface area (Å²) in [5.41, 5.74) is 6.67. The van der Waals surface area contributed by atoms with E-state index in [2.05, 4.69) is 0 Å². The maximum atomic E-state index is 9.80. The summed E-state index contributed by atoms with van der Waals surface area (Å²) in [4.78, 5) is 19.5. The van der Waals surface area contributed by atoms with Gasteiger partial charge in [-0.15, -0.1) is 0 Å². The number of nitrogens with one attached hydrogen (secondary N) is 1. The Morgan fingerprint density at radius 1 is 1.36 bits per heavy atom. The van der Waals surface area contributed by atoms with Crippen LogP contribution in [0.2, 0.25) is 0 Å². The van der Waals surface area contributed by atoms with Crippen molar-refractivity contribution < 1.29 is 36.9 Å². The van der Waals surface area contributed by atoms with E-state index < -0.39 is 24.4 Å². The molecule has 1 radical (unpaired) electrons. The first kappa shape index (κ1) is 13.0. The third-order valence-corrected chi connectivity index (χ3v) is 0.922. The van der Waals surface area contributed by atoms with E-state index in [4.69, 9.17) is 5.73 Å². The second kappa shape index (κ2) is 6.15. The predicted octanol–water partition coefficient (Wildman–Crippen LogP) is -2.32. The molecular weight excluding hydrogens is 202 g/mol.